The second-order valence-corrected chi connectivity index (χ2v) is 6.66. The Morgan fingerprint density at radius 3 is 1.83 bits per heavy atom. The van der Waals surface area contributed by atoms with Gasteiger partial charge >= 0.3 is 0 Å². The SMILES string of the molecule is C[C@@H](N=CC1(C)c2ccccc2-c2ccccc21)c1ccccc1. The number of hydrogen-bond acceptors (Lipinski definition) is 1. The fourth-order valence-electron chi connectivity index (χ4n) is 3.70. The molecule has 3 aromatic carbocycles. The maximum absolute atomic E-state index is 4.92. The van der Waals surface area contributed by atoms with Crippen molar-refractivity contribution < 1.29 is 0 Å². The van der Waals surface area contributed by atoms with E-state index in [-0.39, 0.29) is 11.5 Å². The van der Waals surface area contributed by atoms with Crippen LogP contribution in [0.4, 0.5) is 0 Å². The van der Waals surface area contributed by atoms with Gasteiger partial charge in [-0.2, -0.15) is 0 Å². The molecule has 1 aliphatic rings. The van der Waals surface area contributed by atoms with E-state index in [0.717, 1.165) is 0 Å². The van der Waals surface area contributed by atoms with Gasteiger partial charge in [-0.15, -0.1) is 0 Å². The molecule has 0 saturated heterocycles. The van der Waals surface area contributed by atoms with E-state index in [0.29, 0.717) is 0 Å². The molecule has 0 heterocycles. The molecule has 1 nitrogen and oxygen atoms in total. The molecule has 118 valence electrons. The summed E-state index contributed by atoms with van der Waals surface area (Å²) < 4.78 is 0. The monoisotopic (exact) mass is 311 g/mol. The first kappa shape index (κ1) is 14.9. The number of fused-ring (bicyclic) bond motifs is 3. The number of hydrogen-bond donors (Lipinski definition) is 0. The third-order valence-electron chi connectivity index (χ3n) is 5.10. The first-order valence-corrected chi connectivity index (χ1v) is 8.49. The van der Waals surface area contributed by atoms with Crippen LogP contribution in [0.2, 0.25) is 0 Å². The van der Waals surface area contributed by atoms with Gasteiger partial charge in [-0.3, -0.25) is 4.99 Å². The fraction of sp³-hybridized carbons (Fsp3) is 0.174. The average molecular weight is 311 g/mol. The van der Waals surface area contributed by atoms with Gasteiger partial charge in [-0.1, -0.05) is 78.9 Å². The number of rotatable bonds is 3. The number of aliphatic imine (C=N–C) groups is 1. The Morgan fingerprint density at radius 2 is 1.25 bits per heavy atom. The van der Waals surface area contributed by atoms with Gasteiger partial charge in [0.2, 0.25) is 0 Å². The Hall–Kier alpha value is -2.67. The molecule has 1 aliphatic carbocycles. The topological polar surface area (TPSA) is 12.4 Å². The molecule has 0 radical (unpaired) electrons. The summed E-state index contributed by atoms with van der Waals surface area (Å²) >= 11 is 0. The molecular formula is C23H21N. The van der Waals surface area contributed by atoms with Gasteiger partial charge in [0, 0.05) is 6.21 Å². The maximum atomic E-state index is 4.92. The molecule has 4 rings (SSSR count). The summed E-state index contributed by atoms with van der Waals surface area (Å²) in [6.07, 6.45) is 2.15. The molecule has 0 aliphatic heterocycles. The van der Waals surface area contributed by atoms with E-state index < -0.39 is 0 Å². The zero-order valence-corrected chi connectivity index (χ0v) is 14.1. The average Bonchev–Trinajstić information content (AvgIpc) is 2.91. The smallest absolute Gasteiger partial charge is 0.0717 e. The van der Waals surface area contributed by atoms with E-state index in [4.69, 9.17) is 4.99 Å². The van der Waals surface area contributed by atoms with Crippen molar-refractivity contribution in [3.63, 3.8) is 0 Å². The molecule has 0 bridgehead atoms. The van der Waals surface area contributed by atoms with Crippen LogP contribution in [0, 0.1) is 0 Å². The highest BCUT2D eigenvalue weighted by molar-refractivity contribution is 5.93. The van der Waals surface area contributed by atoms with Crippen LogP contribution in [0.3, 0.4) is 0 Å². The van der Waals surface area contributed by atoms with Crippen LogP contribution in [0.15, 0.2) is 83.9 Å². The van der Waals surface area contributed by atoms with Gasteiger partial charge < -0.3 is 0 Å². The molecule has 0 fully saturated rings. The van der Waals surface area contributed by atoms with Crippen LogP contribution < -0.4 is 0 Å². The predicted octanol–water partition coefficient (Wildman–Crippen LogP) is 5.81. The normalized spacial score (nSPS) is 15.9. The van der Waals surface area contributed by atoms with E-state index in [2.05, 4.69) is 92.9 Å². The second-order valence-electron chi connectivity index (χ2n) is 6.66. The van der Waals surface area contributed by atoms with Crippen LogP contribution in [-0.2, 0) is 5.41 Å². The van der Waals surface area contributed by atoms with Crippen molar-refractivity contribution in [3.05, 3.63) is 95.6 Å². The summed E-state index contributed by atoms with van der Waals surface area (Å²) in [6, 6.07) is 28.0. The minimum absolute atomic E-state index is 0.156. The molecule has 0 aromatic heterocycles. The predicted molar refractivity (Wildman–Crippen MR) is 102 cm³/mol. The molecule has 3 aromatic rings. The Bertz CT molecular complexity index is 847. The van der Waals surface area contributed by atoms with Gasteiger partial charge in [-0.05, 0) is 41.7 Å². The van der Waals surface area contributed by atoms with Crippen molar-refractivity contribution in [3.8, 4) is 11.1 Å². The Labute approximate surface area is 143 Å². The summed E-state index contributed by atoms with van der Waals surface area (Å²) in [5.74, 6) is 0. The van der Waals surface area contributed by atoms with Crippen molar-refractivity contribution >= 4 is 6.21 Å². The molecule has 0 N–H and O–H groups in total. The lowest BCUT2D eigenvalue weighted by molar-refractivity contribution is 0.770. The van der Waals surface area contributed by atoms with Crippen LogP contribution in [0.1, 0.15) is 36.6 Å². The highest BCUT2D eigenvalue weighted by Gasteiger charge is 2.37. The van der Waals surface area contributed by atoms with E-state index >= 15 is 0 Å². The summed E-state index contributed by atoms with van der Waals surface area (Å²) in [7, 11) is 0. The third-order valence-corrected chi connectivity index (χ3v) is 5.10. The van der Waals surface area contributed by atoms with Gasteiger partial charge in [-0.25, -0.2) is 0 Å². The van der Waals surface area contributed by atoms with Crippen LogP contribution >= 0.6 is 0 Å². The zero-order chi connectivity index (χ0) is 16.6. The quantitative estimate of drug-likeness (QED) is 0.542. The summed E-state index contributed by atoms with van der Waals surface area (Å²) in [4.78, 5) is 4.92. The first-order chi connectivity index (χ1) is 11.7. The van der Waals surface area contributed by atoms with Gasteiger partial charge in [0.1, 0.15) is 0 Å². The van der Waals surface area contributed by atoms with Crippen LogP contribution in [0.25, 0.3) is 11.1 Å². The number of nitrogens with zero attached hydrogens (tertiary/aromatic N) is 1. The second kappa shape index (κ2) is 5.76. The summed E-state index contributed by atoms with van der Waals surface area (Å²) in [5.41, 5.74) is 6.42. The Balaban J connectivity index is 1.78. The van der Waals surface area contributed by atoms with Crippen molar-refractivity contribution in [2.75, 3.05) is 0 Å². The Morgan fingerprint density at radius 1 is 0.750 bits per heavy atom. The molecule has 24 heavy (non-hydrogen) atoms. The molecule has 0 unspecified atom stereocenters. The molecule has 0 amide bonds. The standard InChI is InChI=1S/C23H21N/c1-17(18-10-4-3-5-11-18)24-16-23(2)21-14-8-6-12-19(21)20-13-7-9-15-22(20)23/h3-17H,1-2H3/t17-/m1/s1. The van der Waals surface area contributed by atoms with Crippen molar-refractivity contribution in [1.29, 1.82) is 0 Å². The highest BCUT2D eigenvalue weighted by Crippen LogP contribution is 2.47. The van der Waals surface area contributed by atoms with Gasteiger partial charge in [0.25, 0.3) is 0 Å². The van der Waals surface area contributed by atoms with Crippen LogP contribution in [0.5, 0.6) is 0 Å². The fourth-order valence-corrected chi connectivity index (χ4v) is 3.70. The van der Waals surface area contributed by atoms with Gasteiger partial charge in [0.05, 0.1) is 11.5 Å². The number of benzene rings is 3. The molecule has 1 atom stereocenters. The lowest BCUT2D eigenvalue weighted by atomic mass is 9.81. The van der Waals surface area contributed by atoms with E-state index in [1.54, 1.807) is 0 Å². The lowest BCUT2D eigenvalue weighted by Crippen LogP contribution is -2.22. The summed E-state index contributed by atoms with van der Waals surface area (Å²) in [5, 5.41) is 0. The molecule has 0 saturated carbocycles. The van der Waals surface area contributed by atoms with Crippen LogP contribution in [-0.4, -0.2) is 6.21 Å². The summed E-state index contributed by atoms with van der Waals surface area (Å²) in [6.45, 7) is 4.43. The van der Waals surface area contributed by atoms with E-state index in [1.807, 2.05) is 6.07 Å². The van der Waals surface area contributed by atoms with Crippen molar-refractivity contribution in [2.24, 2.45) is 4.99 Å². The molecule has 0 spiro atoms. The maximum Gasteiger partial charge on any atom is 0.0717 e. The zero-order valence-electron chi connectivity index (χ0n) is 14.1. The lowest BCUT2D eigenvalue weighted by Gasteiger charge is -2.23. The third kappa shape index (κ3) is 2.28. The minimum Gasteiger partial charge on any atom is -0.288 e. The highest BCUT2D eigenvalue weighted by atomic mass is 14.8. The largest absolute Gasteiger partial charge is 0.288 e. The minimum atomic E-state index is -0.170. The molecular weight excluding hydrogens is 290 g/mol. The van der Waals surface area contributed by atoms with E-state index in [9.17, 15) is 0 Å². The van der Waals surface area contributed by atoms with Crippen molar-refractivity contribution in [1.82, 2.24) is 0 Å². The van der Waals surface area contributed by atoms with E-state index in [1.165, 1.54) is 27.8 Å². The van der Waals surface area contributed by atoms with Gasteiger partial charge in [0.15, 0.2) is 0 Å². The Kier molecular flexibility index (Phi) is 3.57. The first-order valence-electron chi connectivity index (χ1n) is 8.49. The molecule has 1 heteroatoms. The van der Waals surface area contributed by atoms with Crippen molar-refractivity contribution in [2.45, 2.75) is 25.3 Å².